The average Bonchev–Trinajstić information content (AvgIpc) is 1.98. The normalized spacial score (nSPS) is 11.6. The SMILES string of the molecule is CCOCCOC(C)(C)C(=O)O. The molecule has 0 spiro atoms. The molecule has 0 unspecified atom stereocenters. The van der Waals surface area contributed by atoms with Crippen LogP contribution in [-0.2, 0) is 14.3 Å². The van der Waals surface area contributed by atoms with Gasteiger partial charge in [-0.15, -0.1) is 0 Å². The Balaban J connectivity index is 3.54. The van der Waals surface area contributed by atoms with Crippen LogP contribution in [0.1, 0.15) is 20.8 Å². The van der Waals surface area contributed by atoms with Gasteiger partial charge in [0, 0.05) is 6.61 Å². The van der Waals surface area contributed by atoms with Gasteiger partial charge in [0.15, 0.2) is 5.60 Å². The highest BCUT2D eigenvalue weighted by Crippen LogP contribution is 2.08. The van der Waals surface area contributed by atoms with E-state index in [1.54, 1.807) is 0 Å². The van der Waals surface area contributed by atoms with Crippen LogP contribution in [0.2, 0.25) is 0 Å². The summed E-state index contributed by atoms with van der Waals surface area (Å²) in [4.78, 5) is 10.5. The van der Waals surface area contributed by atoms with Crippen molar-refractivity contribution in [1.82, 2.24) is 0 Å². The Morgan fingerprint density at radius 3 is 2.42 bits per heavy atom. The standard InChI is InChI=1S/C8H16O4/c1-4-11-5-6-12-8(2,3)7(9)10/h4-6H2,1-3H3,(H,9,10). The smallest absolute Gasteiger partial charge is 0.335 e. The number of carboxylic acids is 1. The first-order valence-corrected chi connectivity index (χ1v) is 3.95. The van der Waals surface area contributed by atoms with Crippen LogP contribution in [0.25, 0.3) is 0 Å². The first-order chi connectivity index (χ1) is 5.50. The van der Waals surface area contributed by atoms with E-state index in [1.165, 1.54) is 13.8 Å². The zero-order valence-corrected chi connectivity index (χ0v) is 7.79. The molecule has 0 aromatic rings. The molecule has 0 aliphatic carbocycles. The van der Waals surface area contributed by atoms with E-state index in [9.17, 15) is 4.79 Å². The van der Waals surface area contributed by atoms with Crippen molar-refractivity contribution in [2.24, 2.45) is 0 Å². The first kappa shape index (κ1) is 11.4. The van der Waals surface area contributed by atoms with Crippen molar-refractivity contribution in [3.05, 3.63) is 0 Å². The third-order valence-electron chi connectivity index (χ3n) is 1.41. The zero-order valence-electron chi connectivity index (χ0n) is 7.79. The summed E-state index contributed by atoms with van der Waals surface area (Å²) in [5.41, 5.74) is -1.11. The maximum absolute atomic E-state index is 10.5. The number of hydrogen-bond donors (Lipinski definition) is 1. The largest absolute Gasteiger partial charge is 0.479 e. The molecule has 0 fully saturated rings. The van der Waals surface area contributed by atoms with Gasteiger partial charge in [-0.3, -0.25) is 0 Å². The van der Waals surface area contributed by atoms with E-state index in [2.05, 4.69) is 0 Å². The molecular formula is C8H16O4. The number of carbonyl (C=O) groups is 1. The molecule has 12 heavy (non-hydrogen) atoms. The minimum Gasteiger partial charge on any atom is -0.479 e. The van der Waals surface area contributed by atoms with E-state index in [4.69, 9.17) is 14.6 Å². The molecule has 0 amide bonds. The summed E-state index contributed by atoms with van der Waals surface area (Å²) in [5, 5.41) is 8.63. The number of ether oxygens (including phenoxy) is 2. The Bertz CT molecular complexity index is 142. The molecule has 0 aliphatic heterocycles. The maximum Gasteiger partial charge on any atom is 0.335 e. The number of aliphatic carboxylic acids is 1. The zero-order chi connectivity index (χ0) is 9.61. The summed E-state index contributed by atoms with van der Waals surface area (Å²) in [6, 6.07) is 0. The molecule has 0 radical (unpaired) electrons. The fourth-order valence-electron chi connectivity index (χ4n) is 0.562. The van der Waals surface area contributed by atoms with Gasteiger partial charge in [0.1, 0.15) is 0 Å². The van der Waals surface area contributed by atoms with Gasteiger partial charge in [0.2, 0.25) is 0 Å². The van der Waals surface area contributed by atoms with Crippen molar-refractivity contribution in [3.63, 3.8) is 0 Å². The van der Waals surface area contributed by atoms with Gasteiger partial charge >= 0.3 is 5.97 Å². The Morgan fingerprint density at radius 1 is 1.42 bits per heavy atom. The summed E-state index contributed by atoms with van der Waals surface area (Å²) >= 11 is 0. The van der Waals surface area contributed by atoms with Crippen molar-refractivity contribution in [1.29, 1.82) is 0 Å². The highest BCUT2D eigenvalue weighted by molar-refractivity contribution is 5.76. The van der Waals surface area contributed by atoms with E-state index in [0.29, 0.717) is 19.8 Å². The van der Waals surface area contributed by atoms with E-state index in [-0.39, 0.29) is 0 Å². The van der Waals surface area contributed by atoms with Gasteiger partial charge in [-0.2, -0.15) is 0 Å². The van der Waals surface area contributed by atoms with Gasteiger partial charge in [0.25, 0.3) is 0 Å². The van der Waals surface area contributed by atoms with Gasteiger partial charge in [-0.1, -0.05) is 0 Å². The fourth-order valence-corrected chi connectivity index (χ4v) is 0.562. The lowest BCUT2D eigenvalue weighted by Crippen LogP contribution is -2.35. The molecule has 72 valence electrons. The highest BCUT2D eigenvalue weighted by Gasteiger charge is 2.27. The molecule has 0 rings (SSSR count). The Morgan fingerprint density at radius 2 is 2.00 bits per heavy atom. The predicted octanol–water partition coefficient (Wildman–Crippen LogP) is 0.903. The molecule has 0 bridgehead atoms. The molecular weight excluding hydrogens is 160 g/mol. The minimum atomic E-state index is -1.11. The number of hydrogen-bond acceptors (Lipinski definition) is 3. The lowest BCUT2D eigenvalue weighted by Gasteiger charge is -2.19. The van der Waals surface area contributed by atoms with Crippen LogP contribution in [0.5, 0.6) is 0 Å². The van der Waals surface area contributed by atoms with Crippen LogP contribution in [-0.4, -0.2) is 36.5 Å². The van der Waals surface area contributed by atoms with E-state index >= 15 is 0 Å². The summed E-state index contributed by atoms with van der Waals surface area (Å²) in [7, 11) is 0. The van der Waals surface area contributed by atoms with Crippen LogP contribution in [0.15, 0.2) is 0 Å². The quantitative estimate of drug-likeness (QED) is 0.611. The van der Waals surface area contributed by atoms with Crippen molar-refractivity contribution >= 4 is 5.97 Å². The topological polar surface area (TPSA) is 55.8 Å². The molecule has 4 nitrogen and oxygen atoms in total. The van der Waals surface area contributed by atoms with E-state index in [0.717, 1.165) is 0 Å². The Kier molecular flexibility index (Phi) is 4.85. The lowest BCUT2D eigenvalue weighted by molar-refractivity contribution is -0.162. The summed E-state index contributed by atoms with van der Waals surface area (Å²) in [6.45, 7) is 6.28. The van der Waals surface area contributed by atoms with Crippen molar-refractivity contribution in [2.45, 2.75) is 26.4 Å². The second-order valence-corrected chi connectivity index (χ2v) is 2.86. The molecule has 0 aromatic heterocycles. The number of rotatable bonds is 6. The monoisotopic (exact) mass is 176 g/mol. The van der Waals surface area contributed by atoms with Gasteiger partial charge in [-0.25, -0.2) is 4.79 Å². The van der Waals surface area contributed by atoms with E-state index < -0.39 is 11.6 Å². The minimum absolute atomic E-state index is 0.313. The van der Waals surface area contributed by atoms with Gasteiger partial charge in [-0.05, 0) is 20.8 Å². The average molecular weight is 176 g/mol. The fraction of sp³-hybridized carbons (Fsp3) is 0.875. The predicted molar refractivity (Wildman–Crippen MR) is 44.2 cm³/mol. The first-order valence-electron chi connectivity index (χ1n) is 3.95. The Labute approximate surface area is 72.5 Å². The van der Waals surface area contributed by atoms with E-state index in [1.807, 2.05) is 6.92 Å². The third kappa shape index (κ3) is 4.31. The summed E-state index contributed by atoms with van der Waals surface area (Å²) in [5.74, 6) is -0.959. The van der Waals surface area contributed by atoms with Crippen LogP contribution in [0, 0.1) is 0 Å². The van der Waals surface area contributed by atoms with Gasteiger partial charge < -0.3 is 14.6 Å². The Hall–Kier alpha value is -0.610. The number of carboxylic acid groups (broad SMARTS) is 1. The molecule has 1 N–H and O–H groups in total. The van der Waals surface area contributed by atoms with Crippen molar-refractivity contribution in [2.75, 3.05) is 19.8 Å². The second kappa shape index (κ2) is 5.11. The summed E-state index contributed by atoms with van der Waals surface area (Å²) in [6.07, 6.45) is 0. The molecule has 0 atom stereocenters. The van der Waals surface area contributed by atoms with Crippen LogP contribution in [0.4, 0.5) is 0 Å². The molecule has 0 heterocycles. The van der Waals surface area contributed by atoms with Crippen LogP contribution < -0.4 is 0 Å². The second-order valence-electron chi connectivity index (χ2n) is 2.86. The van der Waals surface area contributed by atoms with Crippen LogP contribution >= 0.6 is 0 Å². The maximum atomic E-state index is 10.5. The van der Waals surface area contributed by atoms with Crippen molar-refractivity contribution in [3.8, 4) is 0 Å². The molecule has 0 saturated heterocycles. The van der Waals surface area contributed by atoms with Gasteiger partial charge in [0.05, 0.1) is 13.2 Å². The molecule has 0 aromatic carbocycles. The molecule has 0 aliphatic rings. The van der Waals surface area contributed by atoms with Crippen molar-refractivity contribution < 1.29 is 19.4 Å². The highest BCUT2D eigenvalue weighted by atomic mass is 16.5. The van der Waals surface area contributed by atoms with Crippen LogP contribution in [0.3, 0.4) is 0 Å². The molecule has 4 heteroatoms. The third-order valence-corrected chi connectivity index (χ3v) is 1.41. The molecule has 0 saturated carbocycles. The lowest BCUT2D eigenvalue weighted by atomic mass is 10.1. The summed E-state index contributed by atoms with van der Waals surface area (Å²) < 4.78 is 10.1.